The van der Waals surface area contributed by atoms with Crippen molar-refractivity contribution in [2.24, 2.45) is 0 Å². The minimum Gasteiger partial charge on any atom is -0.478 e. The predicted molar refractivity (Wildman–Crippen MR) is 77.1 cm³/mol. The van der Waals surface area contributed by atoms with Crippen molar-refractivity contribution in [3.63, 3.8) is 0 Å². The Bertz CT molecular complexity index is 620. The summed E-state index contributed by atoms with van der Waals surface area (Å²) < 4.78 is 0. The number of aromatic carboxylic acids is 1. The molecular weight excluding hydrogens is 260 g/mol. The Balaban J connectivity index is 2.29. The number of hydrogen-bond acceptors (Lipinski definition) is 4. The largest absolute Gasteiger partial charge is 0.478 e. The molecule has 0 fully saturated rings. The summed E-state index contributed by atoms with van der Waals surface area (Å²) in [6.45, 7) is 6.26. The number of aryl methyl sites for hydroxylation is 3. The van der Waals surface area contributed by atoms with E-state index in [9.17, 15) is 9.90 Å². The highest BCUT2D eigenvalue weighted by atomic mass is 32.1. The van der Waals surface area contributed by atoms with Gasteiger partial charge >= 0.3 is 5.97 Å². The Labute approximate surface area is 116 Å². The third-order valence-corrected chi connectivity index (χ3v) is 3.97. The Kier molecular flexibility index (Phi) is 3.85. The van der Waals surface area contributed by atoms with Crippen LogP contribution in [0.2, 0.25) is 0 Å². The summed E-state index contributed by atoms with van der Waals surface area (Å²) >= 11 is 1.67. The lowest BCUT2D eigenvalue weighted by atomic mass is 10.1. The van der Waals surface area contributed by atoms with E-state index >= 15 is 0 Å². The molecule has 2 rings (SSSR count). The number of nitrogens with zero attached hydrogens (tertiary/aromatic N) is 1. The normalized spacial score (nSPS) is 10.5. The summed E-state index contributed by atoms with van der Waals surface area (Å²) in [6.07, 6.45) is 0. The number of carbonyl (C=O) groups is 1. The molecule has 0 saturated heterocycles. The molecule has 0 aliphatic carbocycles. The number of aromatic nitrogens is 1. The predicted octanol–water partition coefficient (Wildman–Crippen LogP) is 3.38. The summed E-state index contributed by atoms with van der Waals surface area (Å²) in [5.74, 6) is -0.949. The molecule has 0 bridgehead atoms. The van der Waals surface area contributed by atoms with Crippen LogP contribution in [0.3, 0.4) is 0 Å². The second-order valence-electron chi connectivity index (χ2n) is 4.46. The van der Waals surface area contributed by atoms with Crippen molar-refractivity contribution < 1.29 is 9.90 Å². The van der Waals surface area contributed by atoms with Crippen LogP contribution in [0.1, 0.15) is 32.2 Å². The number of thiophene rings is 1. The molecule has 2 N–H and O–H groups in total. The summed E-state index contributed by atoms with van der Waals surface area (Å²) in [4.78, 5) is 16.7. The van der Waals surface area contributed by atoms with Crippen LogP contribution in [-0.2, 0) is 6.54 Å². The third-order valence-electron chi connectivity index (χ3n) is 2.95. The summed E-state index contributed by atoms with van der Waals surface area (Å²) in [5, 5.41) is 14.5. The minimum atomic E-state index is -0.949. The van der Waals surface area contributed by atoms with Gasteiger partial charge in [0.2, 0.25) is 0 Å². The minimum absolute atomic E-state index is 0.250. The van der Waals surface area contributed by atoms with E-state index < -0.39 is 5.97 Å². The second kappa shape index (κ2) is 5.40. The number of hydrogen-bond donors (Lipinski definition) is 2. The first-order chi connectivity index (χ1) is 8.99. The van der Waals surface area contributed by atoms with Crippen molar-refractivity contribution in [2.45, 2.75) is 27.3 Å². The molecule has 2 aromatic heterocycles. The smallest absolute Gasteiger partial charge is 0.339 e. The fourth-order valence-electron chi connectivity index (χ4n) is 2.00. The van der Waals surface area contributed by atoms with Crippen molar-refractivity contribution in [1.82, 2.24) is 4.98 Å². The fourth-order valence-corrected chi connectivity index (χ4v) is 2.84. The highest BCUT2D eigenvalue weighted by Crippen LogP contribution is 2.22. The van der Waals surface area contributed by atoms with Gasteiger partial charge in [-0.25, -0.2) is 4.79 Å². The van der Waals surface area contributed by atoms with Gasteiger partial charge in [-0.2, -0.15) is 0 Å². The Hall–Kier alpha value is -1.88. The molecule has 4 nitrogen and oxygen atoms in total. The maximum absolute atomic E-state index is 11.3. The van der Waals surface area contributed by atoms with Crippen molar-refractivity contribution >= 4 is 23.0 Å². The topological polar surface area (TPSA) is 62.2 Å². The SMILES string of the molecule is Cc1cc(NCc2sccc2C)c(C(=O)O)c(C)n1. The van der Waals surface area contributed by atoms with Crippen molar-refractivity contribution in [3.05, 3.63) is 44.9 Å². The van der Waals surface area contributed by atoms with E-state index in [1.165, 1.54) is 10.4 Å². The average Bonchev–Trinajstić information content (AvgIpc) is 2.70. The van der Waals surface area contributed by atoms with Gasteiger partial charge in [-0.1, -0.05) is 0 Å². The Morgan fingerprint density at radius 3 is 2.74 bits per heavy atom. The quantitative estimate of drug-likeness (QED) is 0.898. The molecule has 0 unspecified atom stereocenters. The third kappa shape index (κ3) is 2.93. The van der Waals surface area contributed by atoms with Gasteiger partial charge in [0.15, 0.2) is 0 Å². The number of carboxylic acids is 1. The lowest BCUT2D eigenvalue weighted by Gasteiger charge is -2.12. The lowest BCUT2D eigenvalue weighted by Crippen LogP contribution is -2.10. The van der Waals surface area contributed by atoms with Crippen LogP contribution in [0, 0.1) is 20.8 Å². The zero-order valence-corrected chi connectivity index (χ0v) is 12.0. The van der Waals surface area contributed by atoms with Crippen LogP contribution in [0.4, 0.5) is 5.69 Å². The molecule has 2 aromatic rings. The van der Waals surface area contributed by atoms with E-state index in [1.807, 2.05) is 12.3 Å². The van der Waals surface area contributed by atoms with Gasteiger partial charge in [-0.3, -0.25) is 4.98 Å². The van der Waals surface area contributed by atoms with Crippen LogP contribution >= 0.6 is 11.3 Å². The maximum atomic E-state index is 11.3. The van der Waals surface area contributed by atoms with Gasteiger partial charge < -0.3 is 10.4 Å². The molecule has 100 valence electrons. The van der Waals surface area contributed by atoms with Gasteiger partial charge in [0, 0.05) is 17.1 Å². The van der Waals surface area contributed by atoms with Gasteiger partial charge in [0.05, 0.1) is 11.4 Å². The molecule has 2 heterocycles. The van der Waals surface area contributed by atoms with Crippen LogP contribution < -0.4 is 5.32 Å². The monoisotopic (exact) mass is 276 g/mol. The molecule has 19 heavy (non-hydrogen) atoms. The summed E-state index contributed by atoms with van der Waals surface area (Å²) in [6, 6.07) is 3.84. The standard InChI is InChI=1S/C14H16N2O2S/c1-8-4-5-19-12(8)7-15-11-6-9(2)16-10(3)13(11)14(17)18/h4-6H,7H2,1-3H3,(H,15,16)(H,17,18). The highest BCUT2D eigenvalue weighted by Gasteiger charge is 2.15. The van der Waals surface area contributed by atoms with E-state index in [0.717, 1.165) is 5.69 Å². The number of carboxylic acid groups (broad SMARTS) is 1. The number of nitrogens with one attached hydrogen (secondary N) is 1. The zero-order chi connectivity index (χ0) is 14.0. The van der Waals surface area contributed by atoms with E-state index in [2.05, 4.69) is 23.3 Å². The van der Waals surface area contributed by atoms with E-state index in [4.69, 9.17) is 0 Å². The number of pyridine rings is 1. The first kappa shape index (κ1) is 13.5. The molecule has 0 saturated carbocycles. The number of anilines is 1. The van der Waals surface area contributed by atoms with Gasteiger partial charge in [-0.05, 0) is 43.8 Å². The molecular formula is C14H16N2O2S. The van der Waals surface area contributed by atoms with Crippen LogP contribution in [-0.4, -0.2) is 16.1 Å². The first-order valence-corrected chi connectivity index (χ1v) is 6.85. The van der Waals surface area contributed by atoms with E-state index in [0.29, 0.717) is 17.9 Å². The average molecular weight is 276 g/mol. The molecule has 0 aliphatic rings. The first-order valence-electron chi connectivity index (χ1n) is 5.97. The van der Waals surface area contributed by atoms with Gasteiger partial charge in [0.1, 0.15) is 5.56 Å². The second-order valence-corrected chi connectivity index (χ2v) is 5.46. The van der Waals surface area contributed by atoms with Crippen molar-refractivity contribution in [3.8, 4) is 0 Å². The lowest BCUT2D eigenvalue weighted by molar-refractivity contribution is 0.0696. The molecule has 0 spiro atoms. The van der Waals surface area contributed by atoms with Crippen molar-refractivity contribution in [2.75, 3.05) is 5.32 Å². The van der Waals surface area contributed by atoms with Crippen molar-refractivity contribution in [1.29, 1.82) is 0 Å². The molecule has 0 atom stereocenters. The van der Waals surface area contributed by atoms with Gasteiger partial charge in [-0.15, -0.1) is 11.3 Å². The van der Waals surface area contributed by atoms with E-state index in [-0.39, 0.29) is 5.56 Å². The van der Waals surface area contributed by atoms with Crippen LogP contribution in [0.15, 0.2) is 17.5 Å². The Morgan fingerprint density at radius 2 is 2.16 bits per heavy atom. The molecule has 0 radical (unpaired) electrons. The molecule has 5 heteroatoms. The highest BCUT2D eigenvalue weighted by molar-refractivity contribution is 7.10. The maximum Gasteiger partial charge on any atom is 0.339 e. The fraction of sp³-hybridized carbons (Fsp3) is 0.286. The molecule has 0 amide bonds. The van der Waals surface area contributed by atoms with Gasteiger partial charge in [0.25, 0.3) is 0 Å². The zero-order valence-electron chi connectivity index (χ0n) is 11.2. The van der Waals surface area contributed by atoms with Crippen LogP contribution in [0.5, 0.6) is 0 Å². The Morgan fingerprint density at radius 1 is 1.42 bits per heavy atom. The number of rotatable bonds is 4. The summed E-state index contributed by atoms with van der Waals surface area (Å²) in [5.41, 5.74) is 3.45. The van der Waals surface area contributed by atoms with E-state index in [1.54, 1.807) is 24.3 Å². The summed E-state index contributed by atoms with van der Waals surface area (Å²) in [7, 11) is 0. The molecule has 0 aliphatic heterocycles. The molecule has 0 aromatic carbocycles. The van der Waals surface area contributed by atoms with Crippen LogP contribution in [0.25, 0.3) is 0 Å².